The SMILES string of the molecule is CC(C)N1CCC(N2CCN(C)CC2)CC1. The predicted octanol–water partition coefficient (Wildman–Crippen LogP) is 1.11. The monoisotopic (exact) mass is 225 g/mol. The molecular weight excluding hydrogens is 198 g/mol. The van der Waals surface area contributed by atoms with Gasteiger partial charge in [-0.25, -0.2) is 0 Å². The highest BCUT2D eigenvalue weighted by molar-refractivity contribution is 4.83. The Morgan fingerprint density at radius 2 is 1.44 bits per heavy atom. The number of hydrogen-bond donors (Lipinski definition) is 0. The van der Waals surface area contributed by atoms with Gasteiger partial charge in [-0.3, -0.25) is 4.90 Å². The molecule has 2 heterocycles. The van der Waals surface area contributed by atoms with Crippen LogP contribution in [0.1, 0.15) is 26.7 Å². The maximum atomic E-state index is 2.72. The Labute approximate surface area is 100 Å². The molecule has 2 rings (SSSR count). The van der Waals surface area contributed by atoms with Crippen molar-refractivity contribution in [2.24, 2.45) is 0 Å². The summed E-state index contributed by atoms with van der Waals surface area (Å²) < 4.78 is 0. The van der Waals surface area contributed by atoms with Crippen molar-refractivity contribution in [1.29, 1.82) is 0 Å². The molecule has 0 aromatic rings. The van der Waals surface area contributed by atoms with Gasteiger partial charge in [0.15, 0.2) is 0 Å². The first-order chi connectivity index (χ1) is 7.66. The fourth-order valence-corrected chi connectivity index (χ4v) is 2.95. The molecule has 2 aliphatic rings. The van der Waals surface area contributed by atoms with E-state index < -0.39 is 0 Å². The van der Waals surface area contributed by atoms with E-state index in [-0.39, 0.29) is 0 Å². The standard InChI is InChI=1S/C13H27N3/c1-12(2)15-6-4-13(5-7-15)16-10-8-14(3)9-11-16/h12-13H,4-11H2,1-3H3. The van der Waals surface area contributed by atoms with Crippen molar-refractivity contribution < 1.29 is 0 Å². The second-order valence-corrected chi connectivity index (χ2v) is 5.70. The first-order valence-corrected chi connectivity index (χ1v) is 6.83. The summed E-state index contributed by atoms with van der Waals surface area (Å²) in [5.41, 5.74) is 0. The number of likely N-dealkylation sites (tertiary alicyclic amines) is 1. The molecule has 3 nitrogen and oxygen atoms in total. The van der Waals surface area contributed by atoms with Crippen molar-refractivity contribution in [1.82, 2.24) is 14.7 Å². The second kappa shape index (κ2) is 5.48. The molecule has 0 radical (unpaired) electrons. The Kier molecular flexibility index (Phi) is 4.22. The molecule has 0 unspecified atom stereocenters. The fraction of sp³-hybridized carbons (Fsp3) is 1.00. The van der Waals surface area contributed by atoms with Crippen molar-refractivity contribution in [3.63, 3.8) is 0 Å². The minimum atomic E-state index is 0.730. The third-order valence-corrected chi connectivity index (χ3v) is 4.28. The molecule has 0 atom stereocenters. The molecule has 2 fully saturated rings. The zero-order valence-corrected chi connectivity index (χ0v) is 11.2. The predicted molar refractivity (Wildman–Crippen MR) is 68.8 cm³/mol. The molecule has 2 saturated heterocycles. The molecule has 0 aliphatic carbocycles. The molecule has 0 aromatic heterocycles. The van der Waals surface area contributed by atoms with E-state index >= 15 is 0 Å². The Balaban J connectivity index is 1.76. The summed E-state index contributed by atoms with van der Waals surface area (Å²) >= 11 is 0. The quantitative estimate of drug-likeness (QED) is 0.697. The lowest BCUT2D eigenvalue weighted by Gasteiger charge is -2.43. The summed E-state index contributed by atoms with van der Waals surface area (Å²) in [6, 6.07) is 1.59. The van der Waals surface area contributed by atoms with E-state index in [0.29, 0.717) is 0 Å². The number of piperazine rings is 1. The average Bonchev–Trinajstić information content (AvgIpc) is 2.30. The van der Waals surface area contributed by atoms with Crippen LogP contribution in [0.2, 0.25) is 0 Å². The normalized spacial score (nSPS) is 27.8. The lowest BCUT2D eigenvalue weighted by atomic mass is 10.0. The second-order valence-electron chi connectivity index (χ2n) is 5.70. The zero-order valence-electron chi connectivity index (χ0n) is 11.2. The smallest absolute Gasteiger partial charge is 0.0121 e. The highest BCUT2D eigenvalue weighted by Gasteiger charge is 2.27. The Hall–Kier alpha value is -0.120. The van der Waals surface area contributed by atoms with Crippen LogP contribution >= 0.6 is 0 Å². The number of hydrogen-bond acceptors (Lipinski definition) is 3. The minimum absolute atomic E-state index is 0.730. The van der Waals surface area contributed by atoms with Gasteiger partial charge in [0.25, 0.3) is 0 Å². The molecule has 3 heteroatoms. The summed E-state index contributed by atoms with van der Waals surface area (Å²) in [6.45, 7) is 12.3. The van der Waals surface area contributed by atoms with Gasteiger partial charge < -0.3 is 9.80 Å². The van der Waals surface area contributed by atoms with E-state index in [1.54, 1.807) is 0 Å². The molecular formula is C13H27N3. The van der Waals surface area contributed by atoms with Crippen LogP contribution in [0.25, 0.3) is 0 Å². The molecule has 0 aromatic carbocycles. The van der Waals surface area contributed by atoms with Crippen LogP contribution in [0, 0.1) is 0 Å². The highest BCUT2D eigenvalue weighted by Crippen LogP contribution is 2.19. The maximum absolute atomic E-state index is 2.72. The number of piperidine rings is 1. The van der Waals surface area contributed by atoms with E-state index in [4.69, 9.17) is 0 Å². The Morgan fingerprint density at radius 1 is 0.875 bits per heavy atom. The van der Waals surface area contributed by atoms with Gasteiger partial charge in [-0.15, -0.1) is 0 Å². The van der Waals surface area contributed by atoms with Crippen molar-refractivity contribution in [2.75, 3.05) is 46.3 Å². The van der Waals surface area contributed by atoms with Gasteiger partial charge in [0.1, 0.15) is 0 Å². The molecule has 0 spiro atoms. The van der Waals surface area contributed by atoms with Crippen LogP contribution in [0.15, 0.2) is 0 Å². The third-order valence-electron chi connectivity index (χ3n) is 4.28. The Bertz CT molecular complexity index is 201. The number of nitrogens with zero attached hydrogens (tertiary/aromatic N) is 3. The summed E-state index contributed by atoms with van der Waals surface area (Å²) in [5.74, 6) is 0. The highest BCUT2D eigenvalue weighted by atomic mass is 15.3. The molecule has 16 heavy (non-hydrogen) atoms. The first-order valence-electron chi connectivity index (χ1n) is 6.83. The summed E-state index contributed by atoms with van der Waals surface area (Å²) in [5, 5.41) is 0. The van der Waals surface area contributed by atoms with Gasteiger partial charge in [0.2, 0.25) is 0 Å². The molecule has 0 bridgehead atoms. The maximum Gasteiger partial charge on any atom is 0.0121 e. The fourth-order valence-electron chi connectivity index (χ4n) is 2.95. The van der Waals surface area contributed by atoms with Crippen molar-refractivity contribution >= 4 is 0 Å². The summed E-state index contributed by atoms with van der Waals surface area (Å²) in [7, 11) is 2.23. The number of rotatable bonds is 2. The molecule has 0 amide bonds. The molecule has 0 saturated carbocycles. The third kappa shape index (κ3) is 2.96. The van der Waals surface area contributed by atoms with E-state index in [1.165, 1.54) is 52.1 Å². The van der Waals surface area contributed by atoms with Crippen LogP contribution in [0.4, 0.5) is 0 Å². The minimum Gasteiger partial charge on any atom is -0.304 e. The van der Waals surface area contributed by atoms with Gasteiger partial charge in [-0.2, -0.15) is 0 Å². The molecule has 94 valence electrons. The first kappa shape index (κ1) is 12.3. The van der Waals surface area contributed by atoms with Crippen LogP contribution in [0.5, 0.6) is 0 Å². The topological polar surface area (TPSA) is 9.72 Å². The van der Waals surface area contributed by atoms with E-state index in [9.17, 15) is 0 Å². The zero-order chi connectivity index (χ0) is 11.5. The van der Waals surface area contributed by atoms with Crippen LogP contribution in [-0.4, -0.2) is 73.1 Å². The van der Waals surface area contributed by atoms with E-state index in [2.05, 4.69) is 35.6 Å². The van der Waals surface area contributed by atoms with E-state index in [0.717, 1.165) is 12.1 Å². The van der Waals surface area contributed by atoms with E-state index in [1.807, 2.05) is 0 Å². The largest absolute Gasteiger partial charge is 0.304 e. The number of likely N-dealkylation sites (N-methyl/N-ethyl adjacent to an activating group) is 1. The van der Waals surface area contributed by atoms with Gasteiger partial charge in [0.05, 0.1) is 0 Å². The molecule has 2 aliphatic heterocycles. The van der Waals surface area contributed by atoms with Crippen LogP contribution < -0.4 is 0 Å². The lowest BCUT2D eigenvalue weighted by Crippen LogP contribution is -2.53. The van der Waals surface area contributed by atoms with Crippen molar-refractivity contribution in [3.05, 3.63) is 0 Å². The summed E-state index contributed by atoms with van der Waals surface area (Å²) in [6.07, 6.45) is 2.75. The molecule has 0 N–H and O–H groups in total. The van der Waals surface area contributed by atoms with Gasteiger partial charge in [-0.1, -0.05) is 0 Å². The summed E-state index contributed by atoms with van der Waals surface area (Å²) in [4.78, 5) is 7.78. The van der Waals surface area contributed by atoms with Gasteiger partial charge in [-0.05, 0) is 46.8 Å². The van der Waals surface area contributed by atoms with Gasteiger partial charge >= 0.3 is 0 Å². The average molecular weight is 225 g/mol. The van der Waals surface area contributed by atoms with Crippen molar-refractivity contribution in [3.8, 4) is 0 Å². The van der Waals surface area contributed by atoms with Crippen LogP contribution in [-0.2, 0) is 0 Å². The van der Waals surface area contributed by atoms with Crippen LogP contribution in [0.3, 0.4) is 0 Å². The van der Waals surface area contributed by atoms with Gasteiger partial charge in [0, 0.05) is 38.3 Å². The Morgan fingerprint density at radius 3 is 1.94 bits per heavy atom. The lowest BCUT2D eigenvalue weighted by molar-refractivity contribution is 0.0592. The van der Waals surface area contributed by atoms with Crippen molar-refractivity contribution in [2.45, 2.75) is 38.8 Å².